The molecular formula is C55H52N2. The van der Waals surface area contributed by atoms with Crippen LogP contribution in [0, 0.1) is 5.92 Å². The molecule has 0 saturated carbocycles. The standard InChI is InChI=1S/C55H52N2/c1-53(2)31-32-56(50-14-10-8-12-45(50)53)49-28-22-39-20-25-41-36(18-19-38-21-26-44(49)52(39)51(38)41)17-15-35-16-24-42-43-27-23-40(34-47(43)55(5,6)46(42)33-35)57-48-13-9-7-11-37(48)29-30-54(57,3)4/h7-8,10-12,14-30,33-34,43,47H,9,13,31-32H2,1-6H3/b17-15+. The maximum Gasteiger partial charge on any atom is 0.0577 e. The molecule has 57 heavy (non-hydrogen) atoms. The van der Waals surface area contributed by atoms with Gasteiger partial charge in [0.25, 0.3) is 0 Å². The zero-order valence-electron chi connectivity index (χ0n) is 34.2. The Bertz CT molecular complexity index is 2850. The molecule has 6 aromatic rings. The van der Waals surface area contributed by atoms with Gasteiger partial charge in [-0.3, -0.25) is 0 Å². The Morgan fingerprint density at radius 1 is 0.702 bits per heavy atom. The van der Waals surface area contributed by atoms with Crippen molar-refractivity contribution in [3.63, 3.8) is 0 Å². The maximum atomic E-state index is 2.62. The lowest BCUT2D eigenvalue weighted by molar-refractivity contribution is 0.254. The molecule has 0 amide bonds. The van der Waals surface area contributed by atoms with Gasteiger partial charge in [0.15, 0.2) is 0 Å². The van der Waals surface area contributed by atoms with Gasteiger partial charge < -0.3 is 9.80 Å². The Kier molecular flexibility index (Phi) is 7.41. The third-order valence-electron chi connectivity index (χ3n) is 14.4. The van der Waals surface area contributed by atoms with Gasteiger partial charge in [-0.05, 0) is 128 Å². The second-order valence-electron chi connectivity index (χ2n) is 19.0. The van der Waals surface area contributed by atoms with Crippen LogP contribution in [0.1, 0.15) is 94.5 Å². The largest absolute Gasteiger partial charge is 0.341 e. The van der Waals surface area contributed by atoms with E-state index in [1.165, 1.54) is 88.5 Å². The molecule has 3 aliphatic carbocycles. The van der Waals surface area contributed by atoms with Crippen LogP contribution in [0.5, 0.6) is 0 Å². The average Bonchev–Trinajstić information content (AvgIpc) is 3.44. The number of para-hydroxylation sites is 1. The predicted octanol–water partition coefficient (Wildman–Crippen LogP) is 14.3. The number of anilines is 2. The van der Waals surface area contributed by atoms with Gasteiger partial charge in [0.2, 0.25) is 0 Å². The third kappa shape index (κ3) is 5.15. The molecule has 6 aromatic carbocycles. The molecule has 2 atom stereocenters. The molecule has 2 unspecified atom stereocenters. The van der Waals surface area contributed by atoms with E-state index >= 15 is 0 Å². The highest BCUT2D eigenvalue weighted by Gasteiger charge is 2.46. The van der Waals surface area contributed by atoms with Crippen LogP contribution in [0.25, 0.3) is 44.5 Å². The van der Waals surface area contributed by atoms with Crippen molar-refractivity contribution in [1.82, 2.24) is 4.90 Å². The highest BCUT2D eigenvalue weighted by Crippen LogP contribution is 2.55. The minimum atomic E-state index is -0.0645. The molecular weight excluding hydrogens is 689 g/mol. The normalized spacial score (nSPS) is 22.7. The number of rotatable bonds is 4. The Balaban J connectivity index is 0.941. The predicted molar refractivity (Wildman–Crippen MR) is 244 cm³/mol. The van der Waals surface area contributed by atoms with Crippen molar-refractivity contribution in [2.45, 2.75) is 83.1 Å². The summed E-state index contributed by atoms with van der Waals surface area (Å²) < 4.78 is 0. The van der Waals surface area contributed by atoms with E-state index in [1.807, 2.05) is 0 Å². The van der Waals surface area contributed by atoms with E-state index in [0.29, 0.717) is 11.8 Å². The van der Waals surface area contributed by atoms with Gasteiger partial charge >= 0.3 is 0 Å². The van der Waals surface area contributed by atoms with Crippen LogP contribution >= 0.6 is 0 Å². The Hall–Kier alpha value is -5.60. The van der Waals surface area contributed by atoms with Crippen LogP contribution in [0.4, 0.5) is 11.4 Å². The Morgan fingerprint density at radius 2 is 1.47 bits per heavy atom. The summed E-state index contributed by atoms with van der Waals surface area (Å²) in [7, 11) is 0. The second kappa shape index (κ2) is 12.2. The van der Waals surface area contributed by atoms with Gasteiger partial charge in [0, 0.05) is 40.6 Å². The number of nitrogens with zero attached hydrogens (tertiary/aromatic N) is 2. The van der Waals surface area contributed by atoms with E-state index in [1.54, 1.807) is 0 Å². The van der Waals surface area contributed by atoms with Gasteiger partial charge in [0.05, 0.1) is 5.54 Å². The lowest BCUT2D eigenvalue weighted by atomic mass is 9.73. The minimum Gasteiger partial charge on any atom is -0.341 e. The molecule has 0 N–H and O–H groups in total. The number of fused-ring (bicyclic) bond motifs is 4. The van der Waals surface area contributed by atoms with Crippen LogP contribution in [0.15, 0.2) is 150 Å². The van der Waals surface area contributed by atoms with Crippen LogP contribution in [-0.4, -0.2) is 17.0 Å². The van der Waals surface area contributed by atoms with Crippen molar-refractivity contribution in [3.8, 4) is 0 Å². The quantitative estimate of drug-likeness (QED) is 0.131. The van der Waals surface area contributed by atoms with Crippen molar-refractivity contribution in [3.05, 3.63) is 178 Å². The first-order valence-corrected chi connectivity index (χ1v) is 21.2. The number of benzene rings is 6. The molecule has 0 bridgehead atoms. The van der Waals surface area contributed by atoms with Gasteiger partial charge in [-0.1, -0.05) is 155 Å². The monoisotopic (exact) mass is 740 g/mol. The van der Waals surface area contributed by atoms with Crippen LogP contribution < -0.4 is 4.90 Å². The number of allylic oxidation sites excluding steroid dienone is 8. The lowest BCUT2D eigenvalue weighted by Crippen LogP contribution is -2.44. The van der Waals surface area contributed by atoms with Crippen LogP contribution in [0.3, 0.4) is 0 Å². The van der Waals surface area contributed by atoms with Crippen molar-refractivity contribution in [2.24, 2.45) is 5.92 Å². The molecule has 5 aliphatic rings. The minimum absolute atomic E-state index is 0.00857. The molecule has 0 fully saturated rings. The number of hydrogen-bond acceptors (Lipinski definition) is 2. The van der Waals surface area contributed by atoms with E-state index in [9.17, 15) is 0 Å². The lowest BCUT2D eigenvalue weighted by Gasteiger charge is -2.46. The molecule has 282 valence electrons. The Labute approximate surface area is 338 Å². The van der Waals surface area contributed by atoms with Crippen LogP contribution in [0.2, 0.25) is 0 Å². The first-order chi connectivity index (χ1) is 27.5. The fourth-order valence-electron chi connectivity index (χ4n) is 11.3. The topological polar surface area (TPSA) is 6.48 Å². The highest BCUT2D eigenvalue weighted by atomic mass is 15.2. The number of hydrogen-bond donors (Lipinski definition) is 0. The molecule has 0 radical (unpaired) electrons. The van der Waals surface area contributed by atoms with E-state index in [4.69, 9.17) is 0 Å². The van der Waals surface area contributed by atoms with E-state index in [-0.39, 0.29) is 16.4 Å². The summed E-state index contributed by atoms with van der Waals surface area (Å²) in [5, 5.41) is 8.00. The summed E-state index contributed by atoms with van der Waals surface area (Å²) in [6.07, 6.45) is 24.9. The first kappa shape index (κ1) is 34.6. The summed E-state index contributed by atoms with van der Waals surface area (Å²) in [6.45, 7) is 15.4. The van der Waals surface area contributed by atoms with Gasteiger partial charge in [-0.15, -0.1) is 0 Å². The van der Waals surface area contributed by atoms with E-state index < -0.39 is 0 Å². The average molecular weight is 741 g/mol. The summed E-state index contributed by atoms with van der Waals surface area (Å²) in [6, 6.07) is 34.9. The molecule has 0 saturated heterocycles. The van der Waals surface area contributed by atoms with Gasteiger partial charge in [-0.2, -0.15) is 0 Å². The summed E-state index contributed by atoms with van der Waals surface area (Å²) in [5.74, 6) is 0.802. The van der Waals surface area contributed by atoms with Crippen LogP contribution in [-0.2, 0) is 10.8 Å². The molecule has 2 heterocycles. The van der Waals surface area contributed by atoms with E-state index in [2.05, 4.69) is 197 Å². The maximum absolute atomic E-state index is 2.62. The zero-order chi connectivity index (χ0) is 38.8. The molecule has 2 heteroatoms. The van der Waals surface area contributed by atoms with E-state index in [0.717, 1.165) is 25.8 Å². The Morgan fingerprint density at radius 3 is 2.33 bits per heavy atom. The second-order valence-corrected chi connectivity index (χ2v) is 19.0. The van der Waals surface area contributed by atoms with Crippen molar-refractivity contribution in [2.75, 3.05) is 11.4 Å². The summed E-state index contributed by atoms with van der Waals surface area (Å²) >= 11 is 0. The van der Waals surface area contributed by atoms with Gasteiger partial charge in [0.1, 0.15) is 0 Å². The summed E-state index contributed by atoms with van der Waals surface area (Å²) in [5.41, 5.74) is 13.9. The molecule has 0 aromatic heterocycles. The summed E-state index contributed by atoms with van der Waals surface area (Å²) in [4.78, 5) is 5.19. The van der Waals surface area contributed by atoms with Crippen molar-refractivity contribution in [1.29, 1.82) is 0 Å². The zero-order valence-corrected chi connectivity index (χ0v) is 34.2. The smallest absolute Gasteiger partial charge is 0.0577 e. The van der Waals surface area contributed by atoms with Gasteiger partial charge in [-0.25, -0.2) is 0 Å². The fraction of sp³-hybridized carbons (Fsp3) is 0.273. The fourth-order valence-corrected chi connectivity index (χ4v) is 11.3. The SMILES string of the molecule is CC1(C)CCN(c2ccc3ccc4c(/C=C/c5ccc6c(c5)C(C)(C)C5C=C(N7C8=C(C=CCC8)C=CC7(C)C)C=CC65)ccc5ccc2c3c54)c2ccccc21. The van der Waals surface area contributed by atoms with Crippen molar-refractivity contribution < 1.29 is 0 Å². The molecule has 2 nitrogen and oxygen atoms in total. The molecule has 11 rings (SSSR count). The third-order valence-corrected chi connectivity index (χ3v) is 14.4. The molecule has 2 aliphatic heterocycles. The highest BCUT2D eigenvalue weighted by molar-refractivity contribution is 6.26. The van der Waals surface area contributed by atoms with Crippen molar-refractivity contribution >= 4 is 55.8 Å². The first-order valence-electron chi connectivity index (χ1n) is 21.2. The molecule has 0 spiro atoms.